The van der Waals surface area contributed by atoms with Gasteiger partial charge in [0.15, 0.2) is 5.96 Å². The number of ether oxygens (including phenoxy) is 1. The van der Waals surface area contributed by atoms with E-state index in [4.69, 9.17) is 16.3 Å². The molecular weight excluding hydrogens is 460 g/mol. The first-order chi connectivity index (χ1) is 10.9. The molecule has 24 heavy (non-hydrogen) atoms. The van der Waals surface area contributed by atoms with Crippen molar-refractivity contribution in [2.45, 2.75) is 13.1 Å². The SMILES string of the molecule is C=CCNC(=NCCOc1ncc(C(F)(F)F)cc1Cl)NCC.I. The summed E-state index contributed by atoms with van der Waals surface area (Å²) >= 11 is 5.74. The third kappa shape index (κ3) is 8.04. The second-order valence-corrected chi connectivity index (χ2v) is 4.69. The average Bonchev–Trinajstić information content (AvgIpc) is 2.49. The first kappa shape index (κ1) is 22.8. The zero-order valence-corrected chi connectivity index (χ0v) is 16.1. The van der Waals surface area contributed by atoms with Crippen LogP contribution < -0.4 is 15.4 Å². The van der Waals surface area contributed by atoms with Gasteiger partial charge in [-0.15, -0.1) is 30.6 Å². The van der Waals surface area contributed by atoms with E-state index in [1.807, 2.05) is 6.92 Å². The zero-order valence-electron chi connectivity index (χ0n) is 13.0. The van der Waals surface area contributed by atoms with Crippen molar-refractivity contribution in [3.63, 3.8) is 0 Å². The van der Waals surface area contributed by atoms with Crippen molar-refractivity contribution in [3.8, 4) is 5.88 Å². The van der Waals surface area contributed by atoms with E-state index in [1.165, 1.54) is 0 Å². The summed E-state index contributed by atoms with van der Waals surface area (Å²) in [4.78, 5) is 7.80. The second-order valence-electron chi connectivity index (χ2n) is 4.29. The van der Waals surface area contributed by atoms with Crippen LogP contribution in [-0.2, 0) is 6.18 Å². The van der Waals surface area contributed by atoms with Gasteiger partial charge >= 0.3 is 6.18 Å². The van der Waals surface area contributed by atoms with Crippen molar-refractivity contribution in [2.24, 2.45) is 4.99 Å². The summed E-state index contributed by atoms with van der Waals surface area (Å²) in [6.07, 6.45) is -2.12. The highest BCUT2D eigenvalue weighted by Crippen LogP contribution is 2.32. The van der Waals surface area contributed by atoms with Gasteiger partial charge in [-0.25, -0.2) is 9.98 Å². The first-order valence-electron chi connectivity index (χ1n) is 6.87. The minimum absolute atomic E-state index is 0. The monoisotopic (exact) mass is 478 g/mol. The maximum absolute atomic E-state index is 12.5. The molecule has 1 aromatic heterocycles. The molecule has 0 radical (unpaired) electrons. The van der Waals surface area contributed by atoms with Crippen molar-refractivity contribution in [1.82, 2.24) is 15.6 Å². The van der Waals surface area contributed by atoms with E-state index in [1.54, 1.807) is 6.08 Å². The highest BCUT2D eigenvalue weighted by atomic mass is 127. The first-order valence-corrected chi connectivity index (χ1v) is 7.25. The Kier molecular flexibility index (Phi) is 10.8. The molecule has 0 aromatic carbocycles. The number of alkyl halides is 3. The lowest BCUT2D eigenvalue weighted by molar-refractivity contribution is -0.137. The van der Waals surface area contributed by atoms with Crippen molar-refractivity contribution in [3.05, 3.63) is 35.5 Å². The number of nitrogens with zero attached hydrogens (tertiary/aromatic N) is 2. The fraction of sp³-hybridized carbons (Fsp3) is 0.429. The molecule has 0 aliphatic carbocycles. The Morgan fingerprint density at radius 2 is 2.17 bits per heavy atom. The molecule has 0 spiro atoms. The fourth-order valence-corrected chi connectivity index (χ4v) is 1.72. The summed E-state index contributed by atoms with van der Waals surface area (Å²) in [6.45, 7) is 7.17. The van der Waals surface area contributed by atoms with Crippen LogP contribution in [0.3, 0.4) is 0 Å². The van der Waals surface area contributed by atoms with Crippen LogP contribution in [0.2, 0.25) is 5.02 Å². The molecule has 0 unspecified atom stereocenters. The topological polar surface area (TPSA) is 58.5 Å². The average molecular weight is 479 g/mol. The molecule has 0 fully saturated rings. The number of rotatable bonds is 7. The molecule has 10 heteroatoms. The Bertz CT molecular complexity index is 555. The molecule has 1 heterocycles. The molecule has 1 rings (SSSR count). The summed E-state index contributed by atoms with van der Waals surface area (Å²) < 4.78 is 42.7. The Hall–Kier alpha value is -1.23. The maximum atomic E-state index is 12.5. The van der Waals surface area contributed by atoms with Crippen molar-refractivity contribution in [2.75, 3.05) is 26.2 Å². The Balaban J connectivity index is 0.00000529. The Morgan fingerprint density at radius 1 is 1.46 bits per heavy atom. The molecular formula is C14H19ClF3IN4O. The van der Waals surface area contributed by atoms with E-state index in [0.717, 1.165) is 6.07 Å². The van der Waals surface area contributed by atoms with Gasteiger partial charge in [-0.3, -0.25) is 0 Å². The minimum Gasteiger partial charge on any atom is -0.475 e. The highest BCUT2D eigenvalue weighted by Gasteiger charge is 2.31. The van der Waals surface area contributed by atoms with E-state index in [9.17, 15) is 13.2 Å². The molecule has 0 amide bonds. The lowest BCUT2D eigenvalue weighted by Gasteiger charge is -2.11. The van der Waals surface area contributed by atoms with Gasteiger partial charge in [0.1, 0.15) is 11.6 Å². The van der Waals surface area contributed by atoms with E-state index < -0.39 is 11.7 Å². The van der Waals surface area contributed by atoms with Gasteiger partial charge in [-0.1, -0.05) is 17.7 Å². The van der Waals surface area contributed by atoms with Gasteiger partial charge in [-0.2, -0.15) is 13.2 Å². The molecule has 0 saturated carbocycles. The highest BCUT2D eigenvalue weighted by molar-refractivity contribution is 14.0. The van der Waals surface area contributed by atoms with Gasteiger partial charge in [0.2, 0.25) is 5.88 Å². The van der Waals surface area contributed by atoms with Crippen LogP contribution in [0.4, 0.5) is 13.2 Å². The molecule has 1 aromatic rings. The maximum Gasteiger partial charge on any atom is 0.417 e. The van der Waals surface area contributed by atoms with Crippen LogP contribution in [0.1, 0.15) is 12.5 Å². The van der Waals surface area contributed by atoms with E-state index >= 15 is 0 Å². The number of pyridine rings is 1. The standard InChI is InChI=1S/C14H18ClF3N4O.HI/c1-3-5-20-13(19-4-2)21-6-7-23-12-11(15)8-10(9-22-12)14(16,17)18;/h3,8-9H,1,4-7H2,2H3,(H2,19,20,21);1H. The number of aliphatic imine (C=N–C) groups is 1. The van der Waals surface area contributed by atoms with Gasteiger partial charge < -0.3 is 15.4 Å². The third-order valence-electron chi connectivity index (χ3n) is 2.49. The van der Waals surface area contributed by atoms with Crippen LogP contribution in [0.15, 0.2) is 29.9 Å². The van der Waals surface area contributed by atoms with Gasteiger partial charge in [0, 0.05) is 19.3 Å². The third-order valence-corrected chi connectivity index (χ3v) is 2.76. The Labute approximate surface area is 160 Å². The van der Waals surface area contributed by atoms with Gasteiger partial charge in [-0.05, 0) is 13.0 Å². The second kappa shape index (κ2) is 11.3. The smallest absolute Gasteiger partial charge is 0.417 e. The minimum atomic E-state index is -4.49. The van der Waals surface area contributed by atoms with Crippen LogP contribution in [0.25, 0.3) is 0 Å². The molecule has 0 aliphatic rings. The molecule has 0 bridgehead atoms. The summed E-state index contributed by atoms with van der Waals surface area (Å²) in [5.41, 5.74) is -0.920. The molecule has 2 N–H and O–H groups in total. The molecule has 5 nitrogen and oxygen atoms in total. The normalized spacial score (nSPS) is 11.5. The van der Waals surface area contributed by atoms with E-state index in [-0.39, 0.29) is 48.0 Å². The van der Waals surface area contributed by atoms with Crippen LogP contribution >= 0.6 is 35.6 Å². The van der Waals surface area contributed by atoms with Crippen LogP contribution in [0, 0.1) is 0 Å². The van der Waals surface area contributed by atoms with Crippen molar-refractivity contribution < 1.29 is 17.9 Å². The zero-order chi connectivity index (χ0) is 17.3. The van der Waals surface area contributed by atoms with Gasteiger partial charge in [0.25, 0.3) is 0 Å². The van der Waals surface area contributed by atoms with E-state index in [0.29, 0.717) is 25.2 Å². The largest absolute Gasteiger partial charge is 0.475 e. The number of hydrogen-bond donors (Lipinski definition) is 2. The van der Waals surface area contributed by atoms with E-state index in [2.05, 4.69) is 27.2 Å². The van der Waals surface area contributed by atoms with Crippen molar-refractivity contribution in [1.29, 1.82) is 0 Å². The number of nitrogens with one attached hydrogen (secondary N) is 2. The van der Waals surface area contributed by atoms with Crippen molar-refractivity contribution >= 4 is 41.5 Å². The number of halogens is 5. The summed E-state index contributed by atoms with van der Waals surface area (Å²) in [5.74, 6) is 0.529. The Morgan fingerprint density at radius 3 is 2.71 bits per heavy atom. The molecule has 0 atom stereocenters. The summed E-state index contributed by atoms with van der Waals surface area (Å²) in [5, 5.41) is 5.83. The van der Waals surface area contributed by atoms with Gasteiger partial charge in [0.05, 0.1) is 12.1 Å². The van der Waals surface area contributed by atoms with Crippen LogP contribution in [0.5, 0.6) is 5.88 Å². The number of guanidine groups is 1. The predicted molar refractivity (Wildman–Crippen MR) is 99.3 cm³/mol. The lowest BCUT2D eigenvalue weighted by atomic mass is 10.3. The summed E-state index contributed by atoms with van der Waals surface area (Å²) in [6, 6.07) is 0.781. The molecule has 0 aliphatic heterocycles. The predicted octanol–water partition coefficient (Wildman–Crippen LogP) is 3.49. The number of aromatic nitrogens is 1. The quantitative estimate of drug-likeness (QED) is 0.207. The van der Waals surface area contributed by atoms with Crippen LogP contribution in [-0.4, -0.2) is 37.2 Å². The summed E-state index contributed by atoms with van der Waals surface area (Å²) in [7, 11) is 0. The fourth-order valence-electron chi connectivity index (χ4n) is 1.50. The lowest BCUT2D eigenvalue weighted by Crippen LogP contribution is -2.37. The molecule has 0 saturated heterocycles. The number of hydrogen-bond acceptors (Lipinski definition) is 3. The molecule has 136 valence electrons.